The SMILES string of the molecule is Cc1cc(CN(CCN(C)C)CC(=O)O)n(C)n1. The van der Waals surface area contributed by atoms with Crippen molar-refractivity contribution in [1.82, 2.24) is 19.6 Å². The zero-order chi connectivity index (χ0) is 13.7. The van der Waals surface area contributed by atoms with Crippen molar-refractivity contribution in [2.75, 3.05) is 33.7 Å². The standard InChI is InChI=1S/C12H22N4O2/c1-10-7-11(15(4)13-10)8-16(9-12(17)18)6-5-14(2)3/h7H,5-6,8-9H2,1-4H3,(H,17,18). The predicted octanol–water partition coefficient (Wildman–Crippen LogP) is 0.177. The first-order valence-electron chi connectivity index (χ1n) is 5.97. The van der Waals surface area contributed by atoms with Crippen LogP contribution in [0.1, 0.15) is 11.4 Å². The quantitative estimate of drug-likeness (QED) is 0.752. The van der Waals surface area contributed by atoms with Gasteiger partial charge in [0.1, 0.15) is 0 Å². The fourth-order valence-electron chi connectivity index (χ4n) is 1.79. The fourth-order valence-corrected chi connectivity index (χ4v) is 1.79. The molecule has 0 amide bonds. The molecule has 1 rings (SSSR count). The molecule has 0 fully saturated rings. The van der Waals surface area contributed by atoms with E-state index >= 15 is 0 Å². The van der Waals surface area contributed by atoms with E-state index in [1.807, 2.05) is 43.9 Å². The van der Waals surface area contributed by atoms with Crippen LogP contribution in [0.3, 0.4) is 0 Å². The van der Waals surface area contributed by atoms with E-state index in [2.05, 4.69) is 5.10 Å². The van der Waals surface area contributed by atoms with Crippen LogP contribution in [0.5, 0.6) is 0 Å². The second kappa shape index (κ2) is 6.51. The lowest BCUT2D eigenvalue weighted by atomic mass is 10.3. The largest absolute Gasteiger partial charge is 0.480 e. The van der Waals surface area contributed by atoms with Crippen LogP contribution >= 0.6 is 0 Å². The highest BCUT2D eigenvalue weighted by atomic mass is 16.4. The highest BCUT2D eigenvalue weighted by Crippen LogP contribution is 2.06. The van der Waals surface area contributed by atoms with Crippen LogP contribution in [0.25, 0.3) is 0 Å². The maximum absolute atomic E-state index is 10.9. The van der Waals surface area contributed by atoms with Crippen molar-refractivity contribution >= 4 is 5.97 Å². The minimum Gasteiger partial charge on any atom is -0.480 e. The summed E-state index contributed by atoms with van der Waals surface area (Å²) in [4.78, 5) is 14.8. The normalized spacial score (nSPS) is 11.4. The topological polar surface area (TPSA) is 61.6 Å². The summed E-state index contributed by atoms with van der Waals surface area (Å²) in [6.07, 6.45) is 0. The predicted molar refractivity (Wildman–Crippen MR) is 69.4 cm³/mol. The highest BCUT2D eigenvalue weighted by molar-refractivity contribution is 5.69. The third kappa shape index (κ3) is 4.85. The van der Waals surface area contributed by atoms with E-state index in [1.54, 1.807) is 4.68 Å². The molecule has 1 N–H and O–H groups in total. The number of aryl methyl sites for hydroxylation is 2. The van der Waals surface area contributed by atoms with Gasteiger partial charge in [0.15, 0.2) is 0 Å². The van der Waals surface area contributed by atoms with Gasteiger partial charge < -0.3 is 10.0 Å². The van der Waals surface area contributed by atoms with E-state index in [9.17, 15) is 4.79 Å². The van der Waals surface area contributed by atoms with Crippen LogP contribution in [-0.2, 0) is 18.4 Å². The van der Waals surface area contributed by atoms with Gasteiger partial charge in [-0.2, -0.15) is 5.10 Å². The zero-order valence-electron chi connectivity index (χ0n) is 11.6. The Kier molecular flexibility index (Phi) is 5.30. The molecular formula is C12H22N4O2. The number of rotatable bonds is 7. The first kappa shape index (κ1) is 14.7. The van der Waals surface area contributed by atoms with Gasteiger partial charge in [-0.1, -0.05) is 0 Å². The third-order valence-electron chi connectivity index (χ3n) is 2.71. The maximum atomic E-state index is 10.9. The molecule has 0 bridgehead atoms. The molecule has 0 radical (unpaired) electrons. The molecule has 18 heavy (non-hydrogen) atoms. The van der Waals surface area contributed by atoms with Gasteiger partial charge in [-0.05, 0) is 27.1 Å². The number of carbonyl (C=O) groups is 1. The summed E-state index contributed by atoms with van der Waals surface area (Å²) in [5.41, 5.74) is 1.99. The molecule has 0 aliphatic carbocycles. The Bertz CT molecular complexity index is 401. The molecule has 6 heteroatoms. The van der Waals surface area contributed by atoms with Crippen molar-refractivity contribution in [3.8, 4) is 0 Å². The summed E-state index contributed by atoms with van der Waals surface area (Å²) in [7, 11) is 5.84. The average Bonchev–Trinajstić information content (AvgIpc) is 2.53. The number of hydrogen-bond acceptors (Lipinski definition) is 4. The van der Waals surface area contributed by atoms with E-state index in [-0.39, 0.29) is 6.54 Å². The van der Waals surface area contributed by atoms with Crippen LogP contribution < -0.4 is 0 Å². The molecule has 0 saturated heterocycles. The monoisotopic (exact) mass is 254 g/mol. The van der Waals surface area contributed by atoms with E-state index in [4.69, 9.17) is 5.11 Å². The minimum atomic E-state index is -0.798. The number of carboxylic acid groups (broad SMARTS) is 1. The first-order valence-corrected chi connectivity index (χ1v) is 5.97. The minimum absolute atomic E-state index is 0.0536. The molecule has 0 unspecified atom stereocenters. The van der Waals surface area contributed by atoms with Crippen LogP contribution in [0.15, 0.2) is 6.07 Å². The van der Waals surface area contributed by atoms with Crippen molar-refractivity contribution < 1.29 is 9.90 Å². The van der Waals surface area contributed by atoms with E-state index < -0.39 is 5.97 Å². The molecule has 0 aliphatic rings. The van der Waals surface area contributed by atoms with Crippen molar-refractivity contribution in [3.63, 3.8) is 0 Å². The molecule has 102 valence electrons. The summed E-state index contributed by atoms with van der Waals surface area (Å²) < 4.78 is 1.81. The summed E-state index contributed by atoms with van der Waals surface area (Å²) >= 11 is 0. The smallest absolute Gasteiger partial charge is 0.317 e. The van der Waals surface area contributed by atoms with Crippen molar-refractivity contribution in [3.05, 3.63) is 17.5 Å². The summed E-state index contributed by atoms with van der Waals surface area (Å²) in [5, 5.41) is 13.2. The molecule has 6 nitrogen and oxygen atoms in total. The van der Waals surface area contributed by atoms with Crippen molar-refractivity contribution in [2.24, 2.45) is 7.05 Å². The number of aliphatic carboxylic acids is 1. The van der Waals surface area contributed by atoms with Crippen molar-refractivity contribution in [1.29, 1.82) is 0 Å². The Hall–Kier alpha value is -1.40. The molecule has 0 spiro atoms. The number of likely N-dealkylation sites (N-methyl/N-ethyl adjacent to an activating group) is 1. The molecule has 0 atom stereocenters. The Labute approximate surface area is 108 Å². The van der Waals surface area contributed by atoms with Crippen molar-refractivity contribution in [2.45, 2.75) is 13.5 Å². The molecule has 1 heterocycles. The first-order chi connectivity index (χ1) is 8.38. The molecule has 1 aromatic rings. The Morgan fingerprint density at radius 2 is 2.11 bits per heavy atom. The van der Waals surface area contributed by atoms with Crippen LogP contribution in [0, 0.1) is 6.92 Å². The molecule has 1 aromatic heterocycles. The summed E-state index contributed by atoms with van der Waals surface area (Å²) in [5.74, 6) is -0.798. The Morgan fingerprint density at radius 3 is 2.56 bits per heavy atom. The number of carboxylic acids is 1. The average molecular weight is 254 g/mol. The van der Waals surface area contributed by atoms with Gasteiger partial charge in [0.05, 0.1) is 17.9 Å². The Morgan fingerprint density at radius 1 is 1.44 bits per heavy atom. The molecular weight excluding hydrogens is 232 g/mol. The lowest BCUT2D eigenvalue weighted by molar-refractivity contribution is -0.138. The third-order valence-corrected chi connectivity index (χ3v) is 2.71. The number of aromatic nitrogens is 2. The highest BCUT2D eigenvalue weighted by Gasteiger charge is 2.13. The number of hydrogen-bond donors (Lipinski definition) is 1. The summed E-state index contributed by atoms with van der Waals surface area (Å²) in [6, 6.07) is 1.99. The van der Waals surface area contributed by atoms with E-state index in [0.29, 0.717) is 6.54 Å². The zero-order valence-corrected chi connectivity index (χ0v) is 11.6. The molecule has 0 aliphatic heterocycles. The number of nitrogens with zero attached hydrogens (tertiary/aromatic N) is 4. The van der Waals surface area contributed by atoms with Gasteiger partial charge in [0.25, 0.3) is 0 Å². The van der Waals surface area contributed by atoms with E-state index in [1.165, 1.54) is 0 Å². The summed E-state index contributed by atoms with van der Waals surface area (Å²) in [6.45, 7) is 4.16. The lowest BCUT2D eigenvalue weighted by Gasteiger charge is -2.22. The van der Waals surface area contributed by atoms with Gasteiger partial charge in [-0.15, -0.1) is 0 Å². The maximum Gasteiger partial charge on any atom is 0.317 e. The second-order valence-corrected chi connectivity index (χ2v) is 4.81. The van der Waals surface area contributed by atoms with Gasteiger partial charge in [-0.3, -0.25) is 14.4 Å². The van der Waals surface area contributed by atoms with Gasteiger partial charge >= 0.3 is 5.97 Å². The van der Waals surface area contributed by atoms with Crippen LogP contribution in [-0.4, -0.2) is 64.4 Å². The molecule has 0 saturated carbocycles. The van der Waals surface area contributed by atoms with Crippen LogP contribution in [0.2, 0.25) is 0 Å². The fraction of sp³-hybridized carbons (Fsp3) is 0.667. The van der Waals surface area contributed by atoms with Gasteiger partial charge in [0.2, 0.25) is 0 Å². The van der Waals surface area contributed by atoms with Gasteiger partial charge in [-0.25, -0.2) is 0 Å². The second-order valence-electron chi connectivity index (χ2n) is 4.81. The molecule has 0 aromatic carbocycles. The Balaban J connectivity index is 2.65. The van der Waals surface area contributed by atoms with Crippen LogP contribution in [0.4, 0.5) is 0 Å². The van der Waals surface area contributed by atoms with Gasteiger partial charge in [0, 0.05) is 26.7 Å². The lowest BCUT2D eigenvalue weighted by Crippen LogP contribution is -2.35. The van der Waals surface area contributed by atoms with E-state index in [0.717, 1.165) is 24.5 Å².